The molecule has 0 rings (SSSR count). The van der Waals surface area contributed by atoms with Gasteiger partial charge in [0.25, 0.3) is 0 Å². The molecule has 0 heterocycles. The summed E-state index contributed by atoms with van der Waals surface area (Å²) in [6, 6.07) is -1.46. The predicted octanol–water partition coefficient (Wildman–Crippen LogP) is -6.68. The van der Waals surface area contributed by atoms with Crippen molar-refractivity contribution in [2.24, 2.45) is 5.73 Å². The van der Waals surface area contributed by atoms with E-state index in [1.807, 2.05) is 0 Å². The summed E-state index contributed by atoms with van der Waals surface area (Å²) in [5.74, 6) is -3.08. The summed E-state index contributed by atoms with van der Waals surface area (Å²) < 4.78 is 0. The van der Waals surface area contributed by atoms with Crippen LogP contribution in [0.15, 0.2) is 0 Å². The van der Waals surface area contributed by atoms with Crippen molar-refractivity contribution in [1.82, 2.24) is 0 Å². The average molecular weight is 139 g/mol. The normalized spacial score (nSPS) is 11.3. The van der Waals surface area contributed by atoms with Gasteiger partial charge in [-0.2, -0.15) is 0 Å². The predicted molar refractivity (Wildman–Crippen MR) is 23.7 cm³/mol. The second-order valence-electron chi connectivity index (χ2n) is 1.50. The average Bonchev–Trinajstić information content (AvgIpc) is 1.63. The smallest absolute Gasteiger partial charge is 0.550 e. The molecular formula is C4H6LiNO4. The van der Waals surface area contributed by atoms with Gasteiger partial charge in [0, 0.05) is 18.4 Å². The molecule has 0 spiro atoms. The van der Waals surface area contributed by atoms with Crippen LogP contribution in [0, 0.1) is 0 Å². The molecule has 0 amide bonds. The number of hydrogen-bond acceptors (Lipinski definition) is 5. The third-order valence-electron chi connectivity index (χ3n) is 0.689. The molecule has 0 bridgehead atoms. The first-order valence-electron chi connectivity index (χ1n) is 2.20. The van der Waals surface area contributed by atoms with E-state index in [2.05, 4.69) is 0 Å². The summed E-state index contributed by atoms with van der Waals surface area (Å²) in [6.07, 6.45) is -0.706. The fourth-order valence-corrected chi connectivity index (χ4v) is 0.263. The van der Waals surface area contributed by atoms with Crippen molar-refractivity contribution >= 4 is 11.9 Å². The van der Waals surface area contributed by atoms with Crippen molar-refractivity contribution in [3.63, 3.8) is 0 Å². The Morgan fingerprint density at radius 1 is 1.50 bits per heavy atom. The van der Waals surface area contributed by atoms with Gasteiger partial charge in [-0.05, 0) is 0 Å². The zero-order valence-electron chi connectivity index (χ0n) is 6.49. The largest absolute Gasteiger partial charge is 1.00 e. The van der Waals surface area contributed by atoms with E-state index in [-0.39, 0.29) is 20.3 Å². The van der Waals surface area contributed by atoms with Gasteiger partial charge in [-0.15, -0.1) is 0 Å². The summed E-state index contributed by atoms with van der Waals surface area (Å²) in [7, 11) is 0. The van der Waals surface area contributed by atoms with E-state index < -0.39 is 24.4 Å². The molecule has 0 saturated carbocycles. The second kappa shape index (κ2) is 5.30. The standard InChI is InChI=1S/C4H7NO4.Li/c5-2(4(8)9)1-3(6)7;/h2H,1,5H2,(H,6,7)(H,8,9);/q;+1/p-1. The van der Waals surface area contributed by atoms with Crippen molar-refractivity contribution in [2.45, 2.75) is 12.5 Å². The molecule has 0 aromatic rings. The van der Waals surface area contributed by atoms with Crippen LogP contribution in [0.3, 0.4) is 0 Å². The molecule has 0 aliphatic rings. The van der Waals surface area contributed by atoms with E-state index in [0.717, 1.165) is 0 Å². The van der Waals surface area contributed by atoms with Gasteiger partial charge in [-0.25, -0.2) is 0 Å². The topological polar surface area (TPSA) is 106 Å². The third-order valence-corrected chi connectivity index (χ3v) is 0.689. The zero-order valence-corrected chi connectivity index (χ0v) is 5.49. The Morgan fingerprint density at radius 3 is 2.00 bits per heavy atom. The number of hydrogen-bond donors (Lipinski definition) is 1. The SMILES string of the molecule is NC(CC(=O)[O-])C(=O)[O-].[H+].[Li+]. The van der Waals surface area contributed by atoms with Gasteiger partial charge in [0.05, 0.1) is 5.97 Å². The van der Waals surface area contributed by atoms with Gasteiger partial charge in [-0.1, -0.05) is 0 Å². The van der Waals surface area contributed by atoms with Crippen molar-refractivity contribution in [3.05, 3.63) is 0 Å². The van der Waals surface area contributed by atoms with Crippen LogP contribution < -0.4 is 34.8 Å². The van der Waals surface area contributed by atoms with Crippen LogP contribution in [0.2, 0.25) is 0 Å². The molecule has 0 aromatic carbocycles. The maximum absolute atomic E-state index is 9.71. The quantitative estimate of drug-likeness (QED) is 0.391. The van der Waals surface area contributed by atoms with E-state index in [4.69, 9.17) is 5.73 Å². The minimum atomic E-state index is -1.58. The molecule has 1 atom stereocenters. The van der Waals surface area contributed by atoms with Crippen molar-refractivity contribution in [2.75, 3.05) is 0 Å². The molecule has 2 N–H and O–H groups in total. The van der Waals surface area contributed by atoms with Gasteiger partial charge >= 0.3 is 20.3 Å². The second-order valence-corrected chi connectivity index (χ2v) is 1.50. The Labute approximate surface area is 70.9 Å². The number of carboxylic acids is 2. The fourth-order valence-electron chi connectivity index (χ4n) is 0.263. The molecular weight excluding hydrogens is 133 g/mol. The maximum atomic E-state index is 9.71. The van der Waals surface area contributed by atoms with E-state index in [1.165, 1.54) is 0 Å². The fraction of sp³-hybridized carbons (Fsp3) is 0.500. The Hall–Kier alpha value is -0.503. The van der Waals surface area contributed by atoms with Gasteiger partial charge in [0.1, 0.15) is 0 Å². The molecule has 10 heavy (non-hydrogen) atoms. The van der Waals surface area contributed by atoms with Gasteiger partial charge in [-0.3, -0.25) is 0 Å². The minimum Gasteiger partial charge on any atom is -0.550 e. The molecule has 0 aromatic heterocycles. The van der Waals surface area contributed by atoms with Crippen LogP contribution >= 0.6 is 0 Å². The van der Waals surface area contributed by atoms with E-state index in [1.54, 1.807) is 0 Å². The molecule has 0 saturated heterocycles. The molecule has 1 unspecified atom stereocenters. The summed E-state index contributed by atoms with van der Waals surface area (Å²) in [5, 5.41) is 19.3. The maximum Gasteiger partial charge on any atom is 1.00 e. The van der Waals surface area contributed by atoms with Gasteiger partial charge in [0.2, 0.25) is 0 Å². The van der Waals surface area contributed by atoms with Crippen LogP contribution in [-0.2, 0) is 9.59 Å². The molecule has 0 aliphatic heterocycles. The first kappa shape index (κ1) is 12.2. The van der Waals surface area contributed by atoms with E-state index >= 15 is 0 Å². The summed E-state index contributed by atoms with van der Waals surface area (Å²) in [5.41, 5.74) is 4.73. The first-order valence-corrected chi connectivity index (χ1v) is 2.20. The van der Waals surface area contributed by atoms with E-state index in [0.29, 0.717) is 0 Å². The van der Waals surface area contributed by atoms with Gasteiger partial charge < -0.3 is 25.5 Å². The molecule has 6 heteroatoms. The number of carboxylic acid groups (broad SMARTS) is 2. The zero-order chi connectivity index (χ0) is 7.44. The molecule has 0 radical (unpaired) electrons. The monoisotopic (exact) mass is 139 g/mol. The molecule has 5 nitrogen and oxygen atoms in total. The molecule has 0 fully saturated rings. The summed E-state index contributed by atoms with van der Waals surface area (Å²) in [4.78, 5) is 19.3. The Balaban J connectivity index is -0.000000320. The Morgan fingerprint density at radius 2 is 1.90 bits per heavy atom. The van der Waals surface area contributed by atoms with Crippen LogP contribution in [0.25, 0.3) is 0 Å². The van der Waals surface area contributed by atoms with Crippen molar-refractivity contribution in [3.8, 4) is 0 Å². The van der Waals surface area contributed by atoms with Crippen LogP contribution in [0.5, 0.6) is 0 Å². The minimum absolute atomic E-state index is 0. The van der Waals surface area contributed by atoms with Crippen molar-refractivity contribution < 1.29 is 40.1 Å². The summed E-state index contributed by atoms with van der Waals surface area (Å²) in [6.45, 7) is 0. The van der Waals surface area contributed by atoms with E-state index in [9.17, 15) is 19.8 Å². The Kier molecular flexibility index (Phi) is 6.46. The van der Waals surface area contributed by atoms with Crippen LogP contribution in [0.1, 0.15) is 7.85 Å². The third kappa shape index (κ3) is 5.63. The number of carbonyl (C=O) groups excluding carboxylic acids is 2. The molecule has 0 aliphatic carbocycles. The van der Waals surface area contributed by atoms with Crippen LogP contribution in [0.4, 0.5) is 0 Å². The number of aliphatic carboxylic acids is 2. The molecule has 52 valence electrons. The number of carbonyl (C=O) groups is 2. The summed E-state index contributed by atoms with van der Waals surface area (Å²) >= 11 is 0. The number of nitrogens with two attached hydrogens (primary N) is 1. The van der Waals surface area contributed by atoms with Crippen LogP contribution in [-0.4, -0.2) is 18.0 Å². The van der Waals surface area contributed by atoms with Crippen molar-refractivity contribution in [1.29, 1.82) is 0 Å². The van der Waals surface area contributed by atoms with Gasteiger partial charge in [0.15, 0.2) is 0 Å². The first-order chi connectivity index (χ1) is 4.04. The number of rotatable bonds is 3. The Bertz CT molecular complexity index is 142.